The maximum absolute atomic E-state index is 12.6. The zero-order valence-corrected chi connectivity index (χ0v) is 14.3. The number of aliphatic hydroxyl groups is 1. The summed E-state index contributed by atoms with van der Waals surface area (Å²) in [4.78, 5) is 14.8. The SMILES string of the molecule is CCC(=O)[C@H]1[C@@H](c2ccc(Cl)c(Cl)c2)CC2CC(O)[C@H]1N2C. The molecular formula is C17H21Cl2NO2. The third-order valence-electron chi connectivity index (χ3n) is 5.37. The van der Waals surface area contributed by atoms with E-state index < -0.39 is 6.10 Å². The van der Waals surface area contributed by atoms with E-state index in [1.54, 1.807) is 6.07 Å². The largest absolute Gasteiger partial charge is 0.391 e. The Kier molecular flexibility index (Phi) is 4.52. The van der Waals surface area contributed by atoms with Gasteiger partial charge < -0.3 is 5.11 Å². The molecule has 5 atom stereocenters. The van der Waals surface area contributed by atoms with Crippen molar-refractivity contribution < 1.29 is 9.90 Å². The van der Waals surface area contributed by atoms with Gasteiger partial charge in [-0.2, -0.15) is 0 Å². The van der Waals surface area contributed by atoms with Gasteiger partial charge in [0.05, 0.1) is 16.1 Å². The smallest absolute Gasteiger partial charge is 0.137 e. The van der Waals surface area contributed by atoms with Crippen LogP contribution >= 0.6 is 23.2 Å². The van der Waals surface area contributed by atoms with E-state index in [1.165, 1.54) is 0 Å². The van der Waals surface area contributed by atoms with Crippen LogP contribution in [0.4, 0.5) is 0 Å². The first-order valence-electron chi connectivity index (χ1n) is 7.81. The van der Waals surface area contributed by atoms with Crippen molar-refractivity contribution in [3.05, 3.63) is 33.8 Å². The van der Waals surface area contributed by atoms with Crippen molar-refractivity contribution in [1.29, 1.82) is 0 Å². The molecule has 22 heavy (non-hydrogen) atoms. The minimum absolute atomic E-state index is 0.0920. The fraction of sp³-hybridized carbons (Fsp3) is 0.588. The molecule has 0 aromatic heterocycles. The van der Waals surface area contributed by atoms with E-state index >= 15 is 0 Å². The highest BCUT2D eigenvalue weighted by Gasteiger charge is 2.52. The van der Waals surface area contributed by atoms with Crippen molar-refractivity contribution in [3.8, 4) is 0 Å². The summed E-state index contributed by atoms with van der Waals surface area (Å²) in [5, 5.41) is 11.5. The molecule has 3 nitrogen and oxygen atoms in total. The van der Waals surface area contributed by atoms with Gasteiger partial charge in [-0.1, -0.05) is 36.2 Å². The van der Waals surface area contributed by atoms with Crippen LogP contribution in [0.3, 0.4) is 0 Å². The van der Waals surface area contributed by atoms with Gasteiger partial charge in [0.15, 0.2) is 0 Å². The van der Waals surface area contributed by atoms with Crippen LogP contribution in [0.1, 0.15) is 37.7 Å². The molecule has 2 fully saturated rings. The highest BCUT2D eigenvalue weighted by molar-refractivity contribution is 6.42. The number of likely N-dealkylation sites (N-methyl/N-ethyl adjacent to an activating group) is 1. The number of halogens is 2. The molecule has 1 aromatic carbocycles. The molecule has 2 saturated heterocycles. The lowest BCUT2D eigenvalue weighted by Crippen LogP contribution is -2.51. The third-order valence-corrected chi connectivity index (χ3v) is 6.11. The molecule has 0 spiro atoms. The Labute approximate surface area is 141 Å². The number of aliphatic hydroxyl groups excluding tert-OH is 1. The second-order valence-corrected chi connectivity index (χ2v) is 7.29. The van der Waals surface area contributed by atoms with Gasteiger partial charge in [-0.25, -0.2) is 0 Å². The van der Waals surface area contributed by atoms with Gasteiger partial charge in [0.1, 0.15) is 5.78 Å². The summed E-state index contributed by atoms with van der Waals surface area (Å²) in [5.74, 6) is 0.138. The van der Waals surface area contributed by atoms with Gasteiger partial charge in [-0.3, -0.25) is 9.69 Å². The average molecular weight is 342 g/mol. The fourth-order valence-electron chi connectivity index (χ4n) is 4.27. The van der Waals surface area contributed by atoms with E-state index in [0.717, 1.165) is 18.4 Å². The standard InChI is InChI=1S/C17H21Cl2NO2/c1-3-14(21)16-11(9-4-5-12(18)13(19)6-9)7-10-8-15(22)17(16)20(10)2/h4-6,10-11,15-17,22H,3,7-8H2,1-2H3/t10?,11-,15?,16-,17-/m1/s1. The number of hydrogen-bond acceptors (Lipinski definition) is 3. The zero-order valence-electron chi connectivity index (χ0n) is 12.8. The van der Waals surface area contributed by atoms with E-state index in [-0.39, 0.29) is 23.7 Å². The molecule has 0 radical (unpaired) electrons. The van der Waals surface area contributed by atoms with Gasteiger partial charge in [0.25, 0.3) is 0 Å². The Bertz CT molecular complexity index is 592. The number of piperidine rings is 1. The molecule has 1 aromatic rings. The van der Waals surface area contributed by atoms with E-state index in [2.05, 4.69) is 4.90 Å². The summed E-state index contributed by atoms with van der Waals surface area (Å²) in [7, 11) is 2.02. The molecule has 2 unspecified atom stereocenters. The Morgan fingerprint density at radius 2 is 2.05 bits per heavy atom. The number of rotatable bonds is 3. The zero-order chi connectivity index (χ0) is 16.0. The van der Waals surface area contributed by atoms with Crippen LogP contribution in [-0.2, 0) is 4.79 Å². The van der Waals surface area contributed by atoms with Gasteiger partial charge in [0, 0.05) is 24.4 Å². The molecule has 3 rings (SSSR count). The highest BCUT2D eigenvalue weighted by Crippen LogP contribution is 2.47. The molecule has 2 bridgehead atoms. The van der Waals surface area contributed by atoms with Crippen molar-refractivity contribution in [1.82, 2.24) is 4.90 Å². The maximum Gasteiger partial charge on any atom is 0.137 e. The summed E-state index contributed by atoms with van der Waals surface area (Å²) in [6.07, 6.45) is 1.68. The van der Waals surface area contributed by atoms with Crippen molar-refractivity contribution in [2.24, 2.45) is 5.92 Å². The number of fused-ring (bicyclic) bond motifs is 2. The lowest BCUT2D eigenvalue weighted by molar-refractivity contribution is -0.128. The Morgan fingerprint density at radius 1 is 1.32 bits per heavy atom. The molecule has 0 aliphatic carbocycles. The monoisotopic (exact) mass is 341 g/mol. The topological polar surface area (TPSA) is 40.5 Å². The van der Waals surface area contributed by atoms with Crippen LogP contribution in [0.15, 0.2) is 18.2 Å². The number of hydrogen-bond donors (Lipinski definition) is 1. The van der Waals surface area contributed by atoms with Crippen LogP contribution in [0.5, 0.6) is 0 Å². The normalized spacial score (nSPS) is 34.9. The maximum atomic E-state index is 12.6. The molecule has 2 heterocycles. The second-order valence-electron chi connectivity index (χ2n) is 6.47. The van der Waals surface area contributed by atoms with Gasteiger partial charge in [-0.05, 0) is 43.5 Å². The van der Waals surface area contributed by atoms with Crippen molar-refractivity contribution >= 4 is 29.0 Å². The third kappa shape index (κ3) is 2.58. The number of Topliss-reactive ketones (excluding diaryl/α,β-unsaturated/α-hetero) is 1. The van der Waals surface area contributed by atoms with Crippen LogP contribution in [-0.4, -0.2) is 41.0 Å². The number of carbonyl (C=O) groups excluding carboxylic acids is 1. The second kappa shape index (κ2) is 6.12. The average Bonchev–Trinajstić information content (AvgIpc) is 2.68. The lowest BCUT2D eigenvalue weighted by Gasteiger charge is -2.43. The van der Waals surface area contributed by atoms with Gasteiger partial charge >= 0.3 is 0 Å². The molecule has 0 saturated carbocycles. The first kappa shape index (κ1) is 16.3. The van der Waals surface area contributed by atoms with E-state index in [9.17, 15) is 9.90 Å². The van der Waals surface area contributed by atoms with Crippen LogP contribution < -0.4 is 0 Å². The number of carbonyl (C=O) groups is 1. The number of benzene rings is 1. The fourth-order valence-corrected chi connectivity index (χ4v) is 4.58. The summed E-state index contributed by atoms with van der Waals surface area (Å²) in [5.41, 5.74) is 1.05. The minimum atomic E-state index is -0.428. The van der Waals surface area contributed by atoms with E-state index in [1.807, 2.05) is 26.1 Å². The Hall–Kier alpha value is -0.610. The first-order valence-corrected chi connectivity index (χ1v) is 8.57. The molecule has 2 aliphatic heterocycles. The van der Waals surface area contributed by atoms with E-state index in [4.69, 9.17) is 23.2 Å². The summed E-state index contributed by atoms with van der Waals surface area (Å²) in [6.45, 7) is 1.89. The van der Waals surface area contributed by atoms with Gasteiger partial charge in [-0.15, -0.1) is 0 Å². The lowest BCUT2D eigenvalue weighted by atomic mass is 9.73. The molecule has 2 aliphatic rings. The highest BCUT2D eigenvalue weighted by atomic mass is 35.5. The predicted molar refractivity (Wildman–Crippen MR) is 88.6 cm³/mol. The molecule has 1 N–H and O–H groups in total. The Balaban J connectivity index is 2.01. The number of nitrogens with zero attached hydrogens (tertiary/aromatic N) is 1. The number of ketones is 1. The first-order chi connectivity index (χ1) is 10.4. The summed E-state index contributed by atoms with van der Waals surface area (Å²) < 4.78 is 0. The van der Waals surface area contributed by atoms with Crippen molar-refractivity contribution in [2.45, 2.75) is 50.3 Å². The molecule has 5 heteroatoms. The molecule has 120 valence electrons. The quantitative estimate of drug-likeness (QED) is 0.914. The van der Waals surface area contributed by atoms with Gasteiger partial charge in [0.2, 0.25) is 0 Å². The van der Waals surface area contributed by atoms with Crippen LogP contribution in [0.25, 0.3) is 0 Å². The van der Waals surface area contributed by atoms with Crippen molar-refractivity contribution in [2.75, 3.05) is 7.05 Å². The predicted octanol–water partition coefficient (Wildman–Crippen LogP) is 3.51. The van der Waals surface area contributed by atoms with Crippen molar-refractivity contribution in [3.63, 3.8) is 0 Å². The summed E-state index contributed by atoms with van der Waals surface area (Å²) >= 11 is 12.2. The van der Waals surface area contributed by atoms with E-state index in [0.29, 0.717) is 22.5 Å². The molecular weight excluding hydrogens is 321 g/mol. The van der Waals surface area contributed by atoms with Crippen LogP contribution in [0.2, 0.25) is 10.0 Å². The summed E-state index contributed by atoms with van der Waals surface area (Å²) in [6, 6.07) is 5.86. The Morgan fingerprint density at radius 3 is 2.68 bits per heavy atom. The van der Waals surface area contributed by atoms with Crippen LogP contribution in [0, 0.1) is 5.92 Å². The molecule has 0 amide bonds. The minimum Gasteiger partial charge on any atom is -0.391 e.